The Balaban J connectivity index is 2.45. The molecule has 0 saturated heterocycles. The first-order valence-electron chi connectivity index (χ1n) is 7.55. The van der Waals surface area contributed by atoms with Gasteiger partial charge in [-0.15, -0.1) is 0 Å². The van der Waals surface area contributed by atoms with Crippen LogP contribution in [-0.4, -0.2) is 18.8 Å². The van der Waals surface area contributed by atoms with Crippen LogP contribution in [0.4, 0.5) is 0 Å². The van der Waals surface area contributed by atoms with Crippen molar-refractivity contribution in [2.45, 2.75) is 13.5 Å². The number of nitrogens with one attached hydrogen (secondary N) is 2. The van der Waals surface area contributed by atoms with E-state index in [2.05, 4.69) is 22.2 Å². The molecule has 0 bridgehead atoms. The lowest BCUT2D eigenvalue weighted by atomic mass is 10.1. The molecular formula is C19H20ClN3O. The first-order valence-corrected chi connectivity index (χ1v) is 7.93. The van der Waals surface area contributed by atoms with Crippen LogP contribution < -0.4 is 10.6 Å². The van der Waals surface area contributed by atoms with Crippen molar-refractivity contribution < 1.29 is 4.79 Å². The van der Waals surface area contributed by atoms with Crippen molar-refractivity contribution in [1.82, 2.24) is 10.6 Å². The molecule has 5 heteroatoms. The molecule has 0 spiro atoms. The minimum atomic E-state index is -0.218. The van der Waals surface area contributed by atoms with E-state index in [9.17, 15) is 4.79 Å². The van der Waals surface area contributed by atoms with Gasteiger partial charge in [0, 0.05) is 19.0 Å². The second-order valence-electron chi connectivity index (χ2n) is 5.30. The molecule has 0 radical (unpaired) electrons. The van der Waals surface area contributed by atoms with Crippen molar-refractivity contribution in [3.63, 3.8) is 0 Å². The molecule has 0 unspecified atom stereocenters. The maximum Gasteiger partial charge on any atom is 0.222 e. The third-order valence-corrected chi connectivity index (χ3v) is 3.64. The number of amidine groups is 1. The average molecular weight is 342 g/mol. The summed E-state index contributed by atoms with van der Waals surface area (Å²) in [6.07, 6.45) is 0. The first-order chi connectivity index (χ1) is 11.5. The Kier molecular flexibility index (Phi) is 6.29. The molecule has 0 heterocycles. The molecule has 124 valence electrons. The molecule has 0 aliphatic rings. The van der Waals surface area contributed by atoms with Gasteiger partial charge in [0.1, 0.15) is 5.84 Å². The van der Waals surface area contributed by atoms with Crippen molar-refractivity contribution in [2.24, 2.45) is 4.99 Å². The molecule has 0 aromatic heterocycles. The van der Waals surface area contributed by atoms with Gasteiger partial charge >= 0.3 is 0 Å². The Hall–Kier alpha value is -2.43. The quantitative estimate of drug-likeness (QED) is 0.644. The van der Waals surface area contributed by atoms with Crippen LogP contribution >= 0.6 is 11.6 Å². The van der Waals surface area contributed by atoms with Gasteiger partial charge in [0.2, 0.25) is 5.91 Å². The van der Waals surface area contributed by atoms with Gasteiger partial charge in [-0.3, -0.25) is 4.79 Å². The molecule has 1 amide bonds. The SMILES string of the molecule is C=C(/N=C(\NC(C)=O)c1cc(CNC)ccc1Cl)c1ccccc1. The van der Waals surface area contributed by atoms with Gasteiger partial charge in [0.05, 0.1) is 10.7 Å². The molecule has 0 aliphatic heterocycles. The van der Waals surface area contributed by atoms with E-state index in [4.69, 9.17) is 11.6 Å². The summed E-state index contributed by atoms with van der Waals surface area (Å²) in [4.78, 5) is 16.1. The number of halogens is 1. The summed E-state index contributed by atoms with van der Waals surface area (Å²) in [6.45, 7) is 6.12. The monoisotopic (exact) mass is 341 g/mol. The summed E-state index contributed by atoms with van der Waals surface area (Å²) in [7, 11) is 1.87. The van der Waals surface area contributed by atoms with E-state index < -0.39 is 0 Å². The normalized spacial score (nSPS) is 11.2. The second-order valence-corrected chi connectivity index (χ2v) is 5.71. The average Bonchev–Trinajstić information content (AvgIpc) is 2.56. The van der Waals surface area contributed by atoms with E-state index in [1.165, 1.54) is 6.92 Å². The van der Waals surface area contributed by atoms with E-state index in [1.54, 1.807) is 6.07 Å². The highest BCUT2D eigenvalue weighted by Gasteiger charge is 2.12. The molecule has 2 N–H and O–H groups in total. The lowest BCUT2D eigenvalue weighted by Gasteiger charge is -2.12. The summed E-state index contributed by atoms with van der Waals surface area (Å²) in [5.41, 5.74) is 3.13. The molecule has 0 aliphatic carbocycles. The van der Waals surface area contributed by atoms with Gasteiger partial charge < -0.3 is 10.6 Å². The van der Waals surface area contributed by atoms with Gasteiger partial charge in [-0.1, -0.05) is 54.6 Å². The highest BCUT2D eigenvalue weighted by Crippen LogP contribution is 2.21. The molecule has 0 saturated carbocycles. The van der Waals surface area contributed by atoms with E-state index >= 15 is 0 Å². The minimum absolute atomic E-state index is 0.218. The van der Waals surface area contributed by atoms with Crippen molar-refractivity contribution >= 4 is 29.0 Å². The fourth-order valence-electron chi connectivity index (χ4n) is 2.22. The smallest absolute Gasteiger partial charge is 0.222 e. The van der Waals surface area contributed by atoms with Gasteiger partial charge in [-0.25, -0.2) is 4.99 Å². The highest BCUT2D eigenvalue weighted by atomic mass is 35.5. The molecule has 2 rings (SSSR count). The molecule has 2 aromatic rings. The summed E-state index contributed by atoms with van der Waals surface area (Å²) >= 11 is 6.32. The van der Waals surface area contributed by atoms with E-state index in [0.29, 0.717) is 28.7 Å². The zero-order chi connectivity index (χ0) is 17.5. The van der Waals surface area contributed by atoms with Crippen LogP contribution in [-0.2, 0) is 11.3 Å². The summed E-state index contributed by atoms with van der Waals surface area (Å²) < 4.78 is 0. The summed E-state index contributed by atoms with van der Waals surface area (Å²) in [6, 6.07) is 15.2. The largest absolute Gasteiger partial charge is 0.316 e. The third-order valence-electron chi connectivity index (χ3n) is 3.32. The van der Waals surface area contributed by atoms with E-state index in [0.717, 1.165) is 11.1 Å². The highest BCUT2D eigenvalue weighted by molar-refractivity contribution is 6.34. The van der Waals surface area contributed by atoms with Crippen molar-refractivity contribution in [3.8, 4) is 0 Å². The molecule has 0 fully saturated rings. The maximum atomic E-state index is 11.6. The Labute approximate surface area is 147 Å². The lowest BCUT2D eigenvalue weighted by molar-refractivity contribution is -0.117. The number of benzene rings is 2. The molecule has 24 heavy (non-hydrogen) atoms. The van der Waals surface area contributed by atoms with Gasteiger partial charge in [-0.2, -0.15) is 0 Å². The van der Waals surface area contributed by atoms with Gasteiger partial charge in [-0.05, 0) is 30.3 Å². The third kappa shape index (κ3) is 4.78. The van der Waals surface area contributed by atoms with Crippen LogP contribution in [0.5, 0.6) is 0 Å². The maximum absolute atomic E-state index is 11.6. The number of hydrogen-bond donors (Lipinski definition) is 2. The van der Waals surface area contributed by atoms with Crippen LogP contribution in [0.15, 0.2) is 60.1 Å². The Bertz CT molecular complexity index is 769. The number of rotatable bonds is 5. The van der Waals surface area contributed by atoms with Gasteiger partial charge in [0.15, 0.2) is 0 Å². The second kappa shape index (κ2) is 8.43. The summed E-state index contributed by atoms with van der Waals surface area (Å²) in [5.74, 6) is 0.170. The Morgan fingerprint density at radius 3 is 2.54 bits per heavy atom. The van der Waals surface area contributed by atoms with Crippen LogP contribution in [0.25, 0.3) is 5.70 Å². The predicted molar refractivity (Wildman–Crippen MR) is 100 cm³/mol. The number of hydrogen-bond acceptors (Lipinski definition) is 3. The first kappa shape index (κ1) is 17.9. The predicted octanol–water partition coefficient (Wildman–Crippen LogP) is 3.61. The standard InChI is InChI=1S/C19H20ClN3O/c1-13(16-7-5-4-6-8-16)22-19(23-14(2)24)17-11-15(12-21-3)9-10-18(17)20/h4-11,21H,1,12H2,2-3H3,(H,22,23,24). The fourth-order valence-corrected chi connectivity index (χ4v) is 2.43. The zero-order valence-electron chi connectivity index (χ0n) is 13.8. The fraction of sp³-hybridized carbons (Fsp3) is 0.158. The van der Waals surface area contributed by atoms with Crippen molar-refractivity contribution in [2.75, 3.05) is 7.05 Å². The molecule has 2 aromatic carbocycles. The van der Waals surface area contributed by atoms with Crippen LogP contribution in [0, 0.1) is 0 Å². The summed E-state index contributed by atoms with van der Waals surface area (Å²) in [5, 5.41) is 6.36. The Morgan fingerprint density at radius 1 is 1.21 bits per heavy atom. The van der Waals surface area contributed by atoms with Gasteiger partial charge in [0.25, 0.3) is 0 Å². The molecule has 0 atom stereocenters. The number of carbonyl (C=O) groups is 1. The van der Waals surface area contributed by atoms with Crippen molar-refractivity contribution in [3.05, 3.63) is 76.8 Å². The number of amides is 1. The molecule has 4 nitrogen and oxygen atoms in total. The van der Waals surface area contributed by atoms with Crippen LogP contribution in [0.1, 0.15) is 23.6 Å². The van der Waals surface area contributed by atoms with Crippen LogP contribution in [0.2, 0.25) is 5.02 Å². The van der Waals surface area contributed by atoms with Crippen molar-refractivity contribution in [1.29, 1.82) is 0 Å². The zero-order valence-corrected chi connectivity index (χ0v) is 14.5. The van der Waals surface area contributed by atoms with Crippen LogP contribution in [0.3, 0.4) is 0 Å². The number of carbonyl (C=O) groups excluding carboxylic acids is 1. The molecular weight excluding hydrogens is 322 g/mol. The Morgan fingerprint density at radius 2 is 1.92 bits per heavy atom. The topological polar surface area (TPSA) is 53.5 Å². The number of aliphatic imine (C=N–C) groups is 1. The minimum Gasteiger partial charge on any atom is -0.316 e. The lowest BCUT2D eigenvalue weighted by Crippen LogP contribution is -2.29. The van der Waals surface area contributed by atoms with E-state index in [1.807, 2.05) is 49.5 Å². The van der Waals surface area contributed by atoms with E-state index in [-0.39, 0.29) is 5.91 Å². The number of nitrogens with zero attached hydrogens (tertiary/aromatic N) is 1.